The molecule has 2 aromatic rings. The number of unbranched alkanes of at least 4 members (excludes halogenated alkanes) is 1. The van der Waals surface area contributed by atoms with Crippen LogP contribution in [0, 0.1) is 0 Å². The molecule has 0 atom stereocenters. The molecule has 0 aliphatic heterocycles. The maximum absolute atomic E-state index is 12.4. The summed E-state index contributed by atoms with van der Waals surface area (Å²) >= 11 is 0. The second-order valence-electron chi connectivity index (χ2n) is 5.74. The van der Waals surface area contributed by atoms with Crippen molar-refractivity contribution in [2.75, 3.05) is 13.2 Å². The molecule has 2 rings (SSSR count). The number of benzene rings is 1. The van der Waals surface area contributed by atoms with Crippen molar-refractivity contribution in [3.8, 4) is 0 Å². The summed E-state index contributed by atoms with van der Waals surface area (Å²) in [7, 11) is 0. The Hall–Kier alpha value is -2.91. The first-order valence-corrected chi connectivity index (χ1v) is 8.23. The van der Waals surface area contributed by atoms with E-state index in [1.165, 1.54) is 12.1 Å². The highest BCUT2D eigenvalue weighted by atomic mass is 19.4. The van der Waals surface area contributed by atoms with Gasteiger partial charge in [-0.15, -0.1) is 0 Å². The number of halogens is 3. The average molecular weight is 385 g/mol. The van der Waals surface area contributed by atoms with Crippen molar-refractivity contribution >= 4 is 22.6 Å². The molecule has 146 valence electrons. The van der Waals surface area contributed by atoms with Crippen LogP contribution >= 0.6 is 0 Å². The van der Waals surface area contributed by atoms with Crippen molar-refractivity contribution in [3.63, 3.8) is 0 Å². The summed E-state index contributed by atoms with van der Waals surface area (Å²) < 4.78 is 42.1. The Bertz CT molecular complexity index is 893. The Morgan fingerprint density at radius 3 is 2.52 bits per heavy atom. The van der Waals surface area contributed by atoms with Crippen LogP contribution < -0.4 is 10.9 Å². The first-order valence-electron chi connectivity index (χ1n) is 8.23. The number of hydrogen-bond acceptors (Lipinski definition) is 5. The number of nitrogens with one attached hydrogen (secondary N) is 1. The van der Waals surface area contributed by atoms with Gasteiger partial charge in [-0.05, 0) is 12.5 Å². The Morgan fingerprint density at radius 1 is 1.22 bits per heavy atom. The molecule has 0 fully saturated rings. The monoisotopic (exact) mass is 385 g/mol. The SMILES string of the molecule is CCCCn1nc(C(=O)OCC(=O)NCC(F)(F)F)c2ccccc2c1=O. The second kappa shape index (κ2) is 8.65. The van der Waals surface area contributed by atoms with Crippen LogP contribution in [0.5, 0.6) is 0 Å². The minimum atomic E-state index is -4.56. The summed E-state index contributed by atoms with van der Waals surface area (Å²) in [6.07, 6.45) is -3.09. The number of alkyl halides is 3. The number of carbonyl (C=O) groups is 2. The molecule has 1 aromatic heterocycles. The molecule has 27 heavy (non-hydrogen) atoms. The van der Waals surface area contributed by atoms with Gasteiger partial charge in [0.25, 0.3) is 11.5 Å². The molecule has 7 nitrogen and oxygen atoms in total. The number of rotatable bonds is 7. The zero-order valence-electron chi connectivity index (χ0n) is 14.5. The topological polar surface area (TPSA) is 90.3 Å². The van der Waals surface area contributed by atoms with Crippen LogP contribution in [-0.2, 0) is 16.1 Å². The highest BCUT2D eigenvalue weighted by molar-refractivity contribution is 6.02. The molecule has 10 heteroatoms. The lowest BCUT2D eigenvalue weighted by atomic mass is 10.1. The molecular formula is C17H18F3N3O4. The van der Waals surface area contributed by atoms with E-state index in [1.54, 1.807) is 17.4 Å². The summed E-state index contributed by atoms with van der Waals surface area (Å²) in [5.74, 6) is -2.09. The molecule has 0 aliphatic carbocycles. The van der Waals surface area contributed by atoms with Gasteiger partial charge in [-0.3, -0.25) is 9.59 Å². The molecular weight excluding hydrogens is 367 g/mol. The predicted molar refractivity (Wildman–Crippen MR) is 90.3 cm³/mol. The summed E-state index contributed by atoms with van der Waals surface area (Å²) in [5, 5.41) is 6.12. The fourth-order valence-corrected chi connectivity index (χ4v) is 2.29. The number of ether oxygens (including phenoxy) is 1. The van der Waals surface area contributed by atoms with Gasteiger partial charge < -0.3 is 10.1 Å². The van der Waals surface area contributed by atoms with Gasteiger partial charge in [0.1, 0.15) is 6.54 Å². The van der Waals surface area contributed by atoms with E-state index in [-0.39, 0.29) is 22.0 Å². The van der Waals surface area contributed by atoms with E-state index < -0.39 is 31.2 Å². The molecule has 1 N–H and O–H groups in total. The molecule has 0 saturated carbocycles. The normalized spacial score (nSPS) is 11.4. The van der Waals surface area contributed by atoms with E-state index in [4.69, 9.17) is 4.74 Å². The maximum atomic E-state index is 12.4. The lowest BCUT2D eigenvalue weighted by Crippen LogP contribution is -2.36. The third-order valence-electron chi connectivity index (χ3n) is 3.60. The van der Waals surface area contributed by atoms with Crippen molar-refractivity contribution < 1.29 is 27.5 Å². The van der Waals surface area contributed by atoms with Crippen LogP contribution in [0.3, 0.4) is 0 Å². The number of carbonyl (C=O) groups excluding carboxylic acids is 2. The first-order chi connectivity index (χ1) is 12.7. The fraction of sp³-hybridized carbons (Fsp3) is 0.412. The molecule has 0 saturated heterocycles. The number of fused-ring (bicyclic) bond motifs is 1. The van der Waals surface area contributed by atoms with Crippen molar-refractivity contribution in [1.29, 1.82) is 0 Å². The van der Waals surface area contributed by atoms with E-state index in [0.29, 0.717) is 13.0 Å². The minimum absolute atomic E-state index is 0.176. The Labute approximate surface area is 152 Å². The first kappa shape index (κ1) is 20.4. The number of esters is 1. The quantitative estimate of drug-likeness (QED) is 0.737. The van der Waals surface area contributed by atoms with E-state index in [2.05, 4.69) is 5.10 Å². The van der Waals surface area contributed by atoms with Gasteiger partial charge in [0, 0.05) is 11.9 Å². The van der Waals surface area contributed by atoms with Crippen molar-refractivity contribution in [2.45, 2.75) is 32.5 Å². The Morgan fingerprint density at radius 2 is 1.89 bits per heavy atom. The summed E-state index contributed by atoms with van der Waals surface area (Å²) in [6.45, 7) is -0.182. The predicted octanol–water partition coefficient (Wildman–Crippen LogP) is 2.03. The third kappa shape index (κ3) is 5.53. The van der Waals surface area contributed by atoms with Gasteiger partial charge in [0.15, 0.2) is 12.3 Å². The van der Waals surface area contributed by atoms with Gasteiger partial charge in [0.2, 0.25) is 0 Å². The zero-order chi connectivity index (χ0) is 20.0. The smallest absolute Gasteiger partial charge is 0.405 e. The number of hydrogen-bond donors (Lipinski definition) is 1. The van der Waals surface area contributed by atoms with Gasteiger partial charge in [0.05, 0.1) is 5.39 Å². The molecule has 1 heterocycles. The number of nitrogens with zero attached hydrogens (tertiary/aromatic N) is 2. The van der Waals surface area contributed by atoms with Crippen LogP contribution in [-0.4, -0.2) is 41.0 Å². The van der Waals surface area contributed by atoms with Crippen LogP contribution in [0.1, 0.15) is 30.3 Å². The summed E-state index contributed by atoms with van der Waals surface area (Å²) in [6, 6.07) is 6.28. The third-order valence-corrected chi connectivity index (χ3v) is 3.60. The van der Waals surface area contributed by atoms with Crippen LogP contribution in [0.15, 0.2) is 29.1 Å². The Balaban J connectivity index is 2.21. The lowest BCUT2D eigenvalue weighted by Gasteiger charge is -2.11. The molecule has 1 aromatic carbocycles. The van der Waals surface area contributed by atoms with Crippen LogP contribution in [0.4, 0.5) is 13.2 Å². The molecule has 0 aliphatic rings. The average Bonchev–Trinajstić information content (AvgIpc) is 2.63. The van der Waals surface area contributed by atoms with Crippen molar-refractivity contribution in [1.82, 2.24) is 15.1 Å². The van der Waals surface area contributed by atoms with Gasteiger partial charge in [-0.2, -0.15) is 18.3 Å². The van der Waals surface area contributed by atoms with Crippen LogP contribution in [0.2, 0.25) is 0 Å². The molecule has 0 radical (unpaired) electrons. The molecule has 0 unspecified atom stereocenters. The molecule has 0 spiro atoms. The Kier molecular flexibility index (Phi) is 6.54. The zero-order valence-corrected chi connectivity index (χ0v) is 14.5. The minimum Gasteiger partial charge on any atom is -0.451 e. The second-order valence-corrected chi connectivity index (χ2v) is 5.74. The highest BCUT2D eigenvalue weighted by Crippen LogP contribution is 2.15. The number of aryl methyl sites for hydroxylation is 1. The summed E-state index contributed by atoms with van der Waals surface area (Å²) in [5.41, 5.74) is -0.538. The van der Waals surface area contributed by atoms with Crippen molar-refractivity contribution in [2.24, 2.45) is 0 Å². The van der Waals surface area contributed by atoms with Crippen LogP contribution in [0.25, 0.3) is 10.8 Å². The maximum Gasteiger partial charge on any atom is 0.405 e. The fourth-order valence-electron chi connectivity index (χ4n) is 2.29. The standard InChI is InChI=1S/C17H18F3N3O4/c1-2-3-8-23-15(25)12-7-5-4-6-11(12)14(22-23)16(26)27-9-13(24)21-10-17(18,19)20/h4-7H,2-3,8-10H2,1H3,(H,21,24). The molecule has 1 amide bonds. The molecule has 0 bridgehead atoms. The van der Waals surface area contributed by atoms with E-state index in [9.17, 15) is 27.6 Å². The van der Waals surface area contributed by atoms with Gasteiger partial charge in [-0.25, -0.2) is 9.48 Å². The largest absolute Gasteiger partial charge is 0.451 e. The van der Waals surface area contributed by atoms with Crippen molar-refractivity contribution in [3.05, 3.63) is 40.3 Å². The van der Waals surface area contributed by atoms with E-state index >= 15 is 0 Å². The highest BCUT2D eigenvalue weighted by Gasteiger charge is 2.28. The van der Waals surface area contributed by atoms with E-state index in [1.807, 2.05) is 6.92 Å². The lowest BCUT2D eigenvalue weighted by molar-refractivity contribution is -0.140. The van der Waals surface area contributed by atoms with Gasteiger partial charge >= 0.3 is 12.1 Å². The van der Waals surface area contributed by atoms with Gasteiger partial charge in [-0.1, -0.05) is 31.5 Å². The van der Waals surface area contributed by atoms with E-state index in [0.717, 1.165) is 11.1 Å². The number of amides is 1. The summed E-state index contributed by atoms with van der Waals surface area (Å²) in [4.78, 5) is 36.1. The number of aromatic nitrogens is 2.